The zero-order chi connectivity index (χ0) is 19.3. The molecule has 1 aliphatic heterocycles. The number of nitriles is 1. The van der Waals surface area contributed by atoms with Crippen molar-refractivity contribution in [1.82, 2.24) is 9.99 Å². The molecule has 1 N–H and O–H groups in total. The Balaban J connectivity index is 1.45. The van der Waals surface area contributed by atoms with E-state index >= 15 is 0 Å². The Kier molecular flexibility index (Phi) is 4.93. The Bertz CT molecular complexity index is 1080. The Morgan fingerprint density at radius 3 is 2.89 bits per heavy atom. The van der Waals surface area contributed by atoms with Gasteiger partial charge in [-0.1, -0.05) is 30.3 Å². The Hall–Kier alpha value is -3.79. The molecule has 1 aliphatic rings. The number of hydrazone groups is 1. The molecular formula is C21H18N4O3. The van der Waals surface area contributed by atoms with Crippen molar-refractivity contribution in [3.63, 3.8) is 0 Å². The van der Waals surface area contributed by atoms with Crippen molar-refractivity contribution in [3.8, 4) is 17.6 Å². The molecule has 0 spiro atoms. The number of carbonyl (C=O) groups is 1. The first-order valence-corrected chi connectivity index (χ1v) is 8.92. The number of aromatic nitrogens is 1. The topological polar surface area (TPSA) is 88.6 Å². The van der Waals surface area contributed by atoms with Crippen LogP contribution in [-0.2, 0) is 11.3 Å². The van der Waals surface area contributed by atoms with Gasteiger partial charge in [0.15, 0.2) is 11.5 Å². The third kappa shape index (κ3) is 3.53. The predicted octanol–water partition coefficient (Wildman–Crippen LogP) is 2.85. The van der Waals surface area contributed by atoms with Gasteiger partial charge < -0.3 is 14.0 Å². The minimum Gasteiger partial charge on any atom is -0.485 e. The molecule has 0 radical (unpaired) electrons. The Morgan fingerprint density at radius 2 is 2.04 bits per heavy atom. The van der Waals surface area contributed by atoms with Crippen molar-refractivity contribution >= 4 is 23.0 Å². The third-order valence-electron chi connectivity index (χ3n) is 4.46. The van der Waals surface area contributed by atoms with Gasteiger partial charge in [0.05, 0.1) is 18.7 Å². The molecule has 2 aromatic carbocycles. The lowest BCUT2D eigenvalue weighted by Crippen LogP contribution is -2.42. The van der Waals surface area contributed by atoms with E-state index in [4.69, 9.17) is 14.7 Å². The summed E-state index contributed by atoms with van der Waals surface area (Å²) in [7, 11) is 0. The van der Waals surface area contributed by atoms with Gasteiger partial charge in [0.25, 0.3) is 5.91 Å². The second kappa shape index (κ2) is 7.84. The third-order valence-corrected chi connectivity index (χ3v) is 4.46. The maximum atomic E-state index is 12.3. The highest BCUT2D eigenvalue weighted by Crippen LogP contribution is 2.30. The molecule has 3 aromatic rings. The molecule has 0 aliphatic carbocycles. The van der Waals surface area contributed by atoms with Crippen LogP contribution < -0.4 is 14.9 Å². The van der Waals surface area contributed by atoms with E-state index in [1.165, 1.54) is 0 Å². The molecule has 2 heterocycles. The van der Waals surface area contributed by atoms with Crippen LogP contribution in [0.3, 0.4) is 0 Å². The van der Waals surface area contributed by atoms with E-state index in [2.05, 4.69) is 16.6 Å². The maximum absolute atomic E-state index is 12.3. The molecule has 7 nitrogen and oxygen atoms in total. The van der Waals surface area contributed by atoms with Gasteiger partial charge in [0.2, 0.25) is 6.10 Å². The normalized spacial score (nSPS) is 15.5. The van der Waals surface area contributed by atoms with E-state index in [1.54, 1.807) is 18.3 Å². The molecule has 140 valence electrons. The molecule has 1 atom stereocenters. The number of nitrogens with zero attached hydrogens (tertiary/aromatic N) is 3. The molecule has 7 heteroatoms. The summed E-state index contributed by atoms with van der Waals surface area (Å²) in [6, 6.07) is 17.2. The molecule has 0 saturated carbocycles. The van der Waals surface area contributed by atoms with Crippen molar-refractivity contribution in [1.29, 1.82) is 5.26 Å². The fourth-order valence-corrected chi connectivity index (χ4v) is 3.12. The zero-order valence-electron chi connectivity index (χ0n) is 15.0. The Morgan fingerprint density at radius 1 is 1.25 bits per heavy atom. The van der Waals surface area contributed by atoms with Crippen LogP contribution in [0.5, 0.6) is 11.5 Å². The number of nitrogens with one attached hydrogen (secondary N) is 1. The van der Waals surface area contributed by atoms with Crippen molar-refractivity contribution in [2.45, 2.75) is 19.1 Å². The molecular weight excluding hydrogens is 356 g/mol. The van der Waals surface area contributed by atoms with Crippen LogP contribution in [0.2, 0.25) is 0 Å². The van der Waals surface area contributed by atoms with Crippen molar-refractivity contribution in [2.24, 2.45) is 5.10 Å². The monoisotopic (exact) mass is 374 g/mol. The highest BCUT2D eigenvalue weighted by molar-refractivity contribution is 5.99. The fraction of sp³-hybridized carbons (Fsp3) is 0.190. The van der Waals surface area contributed by atoms with Gasteiger partial charge in [-0.3, -0.25) is 4.79 Å². The number of para-hydroxylation sites is 3. The predicted molar refractivity (Wildman–Crippen MR) is 104 cm³/mol. The van der Waals surface area contributed by atoms with Gasteiger partial charge in [0, 0.05) is 29.2 Å². The van der Waals surface area contributed by atoms with E-state index in [0.29, 0.717) is 24.5 Å². The van der Waals surface area contributed by atoms with E-state index in [9.17, 15) is 4.79 Å². The van der Waals surface area contributed by atoms with E-state index in [0.717, 1.165) is 16.5 Å². The summed E-state index contributed by atoms with van der Waals surface area (Å²) in [4.78, 5) is 12.3. The summed E-state index contributed by atoms with van der Waals surface area (Å²) in [5.41, 5.74) is 4.39. The minimum atomic E-state index is -0.760. The smallest absolute Gasteiger partial charge is 0.284 e. The SMILES string of the molecule is N#CCCn1cc(/C=N\NC(=O)[C@@H]2COc3ccccc3O2)c2ccccc21. The zero-order valence-corrected chi connectivity index (χ0v) is 15.0. The van der Waals surface area contributed by atoms with Gasteiger partial charge in [-0.25, -0.2) is 5.43 Å². The molecule has 0 bridgehead atoms. The van der Waals surface area contributed by atoms with Crippen molar-refractivity contribution < 1.29 is 14.3 Å². The number of benzene rings is 2. The molecule has 0 unspecified atom stereocenters. The first-order chi connectivity index (χ1) is 13.8. The van der Waals surface area contributed by atoms with Crippen LogP contribution in [0.4, 0.5) is 0 Å². The standard InChI is InChI=1S/C21H18N4O3/c22-10-5-11-25-13-15(16-6-1-2-7-17(16)25)12-23-24-21(26)20-14-27-18-8-3-4-9-19(18)28-20/h1-4,6-9,12-13,20H,5,11,14H2,(H,24,26)/b23-12-/t20-/m0/s1. The molecule has 28 heavy (non-hydrogen) atoms. The molecule has 1 amide bonds. The van der Waals surface area contributed by atoms with Gasteiger partial charge in [-0.2, -0.15) is 10.4 Å². The molecule has 4 rings (SSSR count). The number of amides is 1. The van der Waals surface area contributed by atoms with Crippen LogP contribution in [0, 0.1) is 11.3 Å². The van der Waals surface area contributed by atoms with Crippen LogP contribution in [0.15, 0.2) is 59.8 Å². The Labute approximate surface area is 161 Å². The summed E-state index contributed by atoms with van der Waals surface area (Å²) in [5, 5.41) is 13.9. The van der Waals surface area contributed by atoms with Crippen molar-refractivity contribution in [3.05, 3.63) is 60.3 Å². The largest absolute Gasteiger partial charge is 0.485 e. The summed E-state index contributed by atoms with van der Waals surface area (Å²) in [6.07, 6.45) is 3.19. The van der Waals surface area contributed by atoms with E-state index < -0.39 is 6.10 Å². The molecule has 1 aromatic heterocycles. The summed E-state index contributed by atoms with van der Waals surface area (Å²) >= 11 is 0. The average Bonchev–Trinajstić information content (AvgIpc) is 3.09. The number of hydrogen-bond donors (Lipinski definition) is 1. The minimum absolute atomic E-state index is 0.131. The van der Waals surface area contributed by atoms with Crippen LogP contribution in [-0.4, -0.2) is 29.4 Å². The van der Waals surface area contributed by atoms with Crippen LogP contribution in [0.25, 0.3) is 10.9 Å². The number of fused-ring (bicyclic) bond motifs is 2. The quantitative estimate of drug-likeness (QED) is 0.549. The number of rotatable bonds is 5. The number of ether oxygens (including phenoxy) is 2. The first-order valence-electron chi connectivity index (χ1n) is 8.92. The lowest BCUT2D eigenvalue weighted by Gasteiger charge is -2.24. The van der Waals surface area contributed by atoms with Crippen molar-refractivity contribution in [2.75, 3.05) is 6.61 Å². The van der Waals surface area contributed by atoms with Gasteiger partial charge >= 0.3 is 0 Å². The molecule has 0 fully saturated rings. The first kappa shape index (κ1) is 17.6. The second-order valence-electron chi connectivity index (χ2n) is 6.30. The maximum Gasteiger partial charge on any atom is 0.284 e. The van der Waals surface area contributed by atoms with E-state index in [1.807, 2.05) is 47.2 Å². The van der Waals surface area contributed by atoms with Crippen LogP contribution in [0.1, 0.15) is 12.0 Å². The summed E-state index contributed by atoms with van der Waals surface area (Å²) in [6.45, 7) is 0.732. The lowest BCUT2D eigenvalue weighted by molar-refractivity contribution is -0.130. The number of aryl methyl sites for hydroxylation is 1. The summed E-state index contributed by atoms with van der Waals surface area (Å²) in [5.74, 6) is 0.789. The lowest BCUT2D eigenvalue weighted by atomic mass is 10.2. The van der Waals surface area contributed by atoms with E-state index in [-0.39, 0.29) is 12.5 Å². The number of carbonyl (C=O) groups excluding carboxylic acids is 1. The fourth-order valence-electron chi connectivity index (χ4n) is 3.12. The average molecular weight is 374 g/mol. The van der Waals surface area contributed by atoms with Crippen LogP contribution >= 0.6 is 0 Å². The highest BCUT2D eigenvalue weighted by Gasteiger charge is 2.27. The van der Waals surface area contributed by atoms with Gasteiger partial charge in [-0.05, 0) is 18.2 Å². The second-order valence-corrected chi connectivity index (χ2v) is 6.30. The van der Waals surface area contributed by atoms with Gasteiger partial charge in [-0.15, -0.1) is 0 Å². The summed E-state index contributed by atoms with van der Waals surface area (Å²) < 4.78 is 13.2. The number of hydrogen-bond acceptors (Lipinski definition) is 5. The molecule has 0 saturated heterocycles. The van der Waals surface area contributed by atoms with Gasteiger partial charge in [0.1, 0.15) is 6.61 Å². The highest BCUT2D eigenvalue weighted by atomic mass is 16.6.